The molecule has 2 rings (SSSR count). The molecule has 0 aliphatic carbocycles. The van der Waals surface area contributed by atoms with E-state index in [-0.39, 0.29) is 19.1 Å². The minimum atomic E-state index is -4.37. The Labute approximate surface area is 143 Å². The summed E-state index contributed by atoms with van der Waals surface area (Å²) < 4.78 is 42.6. The molecule has 2 aromatic rings. The van der Waals surface area contributed by atoms with Crippen LogP contribution >= 0.6 is 0 Å². The second kappa shape index (κ2) is 8.41. The fraction of sp³-hybridized carbons (Fsp3) is 0.278. The number of carbonyl (C=O) groups excluding carboxylic acids is 1. The van der Waals surface area contributed by atoms with Gasteiger partial charge in [0.25, 0.3) is 0 Å². The van der Waals surface area contributed by atoms with Crippen molar-refractivity contribution >= 4 is 11.6 Å². The molecular weight excluding hydrogens is 333 g/mol. The van der Waals surface area contributed by atoms with E-state index in [9.17, 15) is 18.0 Å². The van der Waals surface area contributed by atoms with E-state index in [1.807, 2.05) is 18.2 Å². The molecule has 0 aliphatic rings. The van der Waals surface area contributed by atoms with E-state index in [0.717, 1.165) is 17.7 Å². The summed E-state index contributed by atoms with van der Waals surface area (Å²) in [6, 6.07) is 11.8. The molecule has 0 heterocycles. The number of ether oxygens (including phenoxy) is 1. The summed E-state index contributed by atoms with van der Waals surface area (Å²) in [4.78, 5) is 11.8. The Morgan fingerprint density at radius 2 is 1.76 bits per heavy atom. The molecule has 7 heteroatoms. The number of hydrogen-bond acceptors (Lipinski definition) is 3. The fourth-order valence-corrected chi connectivity index (χ4v) is 2.20. The first-order valence-electron chi connectivity index (χ1n) is 7.76. The van der Waals surface area contributed by atoms with Crippen LogP contribution in [0.4, 0.5) is 18.9 Å². The summed E-state index contributed by atoms with van der Waals surface area (Å²) in [5, 5.41) is 2.69. The van der Waals surface area contributed by atoms with Crippen molar-refractivity contribution in [1.29, 1.82) is 0 Å². The Balaban J connectivity index is 1.67. The van der Waals surface area contributed by atoms with Gasteiger partial charge in [0.05, 0.1) is 12.1 Å². The smallest absolute Gasteiger partial charge is 0.416 e. The summed E-state index contributed by atoms with van der Waals surface area (Å²) in [6.45, 7) is 0.439. The molecule has 0 saturated carbocycles. The van der Waals surface area contributed by atoms with Crippen molar-refractivity contribution in [2.45, 2.75) is 19.0 Å². The van der Waals surface area contributed by atoms with Crippen LogP contribution in [0.2, 0.25) is 0 Å². The van der Waals surface area contributed by atoms with Crippen molar-refractivity contribution in [3.05, 3.63) is 59.7 Å². The van der Waals surface area contributed by atoms with Crippen LogP contribution < -0.4 is 15.8 Å². The predicted molar refractivity (Wildman–Crippen MR) is 89.1 cm³/mol. The van der Waals surface area contributed by atoms with Gasteiger partial charge in [-0.05, 0) is 42.3 Å². The Morgan fingerprint density at radius 3 is 2.40 bits per heavy atom. The van der Waals surface area contributed by atoms with Crippen LogP contribution in [0.1, 0.15) is 17.5 Å². The highest BCUT2D eigenvalue weighted by Gasteiger charge is 2.29. The highest BCUT2D eigenvalue weighted by molar-refractivity contribution is 5.76. The number of amides is 1. The molecule has 0 atom stereocenters. The van der Waals surface area contributed by atoms with Crippen molar-refractivity contribution < 1.29 is 22.7 Å². The maximum Gasteiger partial charge on any atom is 0.416 e. The number of rotatable bonds is 7. The van der Waals surface area contributed by atoms with Gasteiger partial charge in [0, 0.05) is 12.1 Å². The summed E-state index contributed by atoms with van der Waals surface area (Å²) in [5.41, 5.74) is 6.65. The second-order valence-corrected chi connectivity index (χ2v) is 5.42. The zero-order valence-electron chi connectivity index (χ0n) is 13.5. The van der Waals surface area contributed by atoms with Crippen molar-refractivity contribution in [3.8, 4) is 5.75 Å². The van der Waals surface area contributed by atoms with Gasteiger partial charge >= 0.3 is 6.18 Å². The van der Waals surface area contributed by atoms with Crippen molar-refractivity contribution in [2.24, 2.45) is 0 Å². The normalized spacial score (nSPS) is 11.2. The number of carbonyl (C=O) groups is 1. The topological polar surface area (TPSA) is 64.4 Å². The van der Waals surface area contributed by atoms with Gasteiger partial charge in [-0.1, -0.05) is 18.2 Å². The molecule has 0 aromatic heterocycles. The van der Waals surface area contributed by atoms with Gasteiger partial charge < -0.3 is 15.8 Å². The van der Waals surface area contributed by atoms with E-state index < -0.39 is 11.7 Å². The summed E-state index contributed by atoms with van der Waals surface area (Å²) in [6.07, 6.45) is -3.53. The lowest BCUT2D eigenvalue weighted by Gasteiger charge is -2.10. The number of hydrogen-bond donors (Lipinski definition) is 2. The van der Waals surface area contributed by atoms with Gasteiger partial charge in [-0.15, -0.1) is 0 Å². The maximum absolute atomic E-state index is 12.4. The first-order valence-corrected chi connectivity index (χ1v) is 7.76. The lowest BCUT2D eigenvalue weighted by Crippen LogP contribution is -2.28. The van der Waals surface area contributed by atoms with Crippen molar-refractivity contribution in [1.82, 2.24) is 5.32 Å². The Kier molecular flexibility index (Phi) is 6.27. The van der Waals surface area contributed by atoms with Gasteiger partial charge in [0.1, 0.15) is 12.4 Å². The molecule has 0 aliphatic heterocycles. The van der Waals surface area contributed by atoms with E-state index in [0.29, 0.717) is 24.3 Å². The number of aryl methyl sites for hydroxylation is 1. The number of halogens is 3. The maximum atomic E-state index is 12.4. The van der Waals surface area contributed by atoms with E-state index in [4.69, 9.17) is 10.5 Å². The average molecular weight is 352 g/mol. The number of para-hydroxylation sites is 1. The number of nitrogen functional groups attached to an aromatic ring is 1. The molecule has 4 nitrogen and oxygen atoms in total. The highest BCUT2D eigenvalue weighted by Crippen LogP contribution is 2.30. The number of nitrogens with two attached hydrogens (primary N) is 1. The SMILES string of the molecule is Nc1ccccc1CCC(=O)NCCOc1ccc(C(F)(F)F)cc1. The summed E-state index contributed by atoms with van der Waals surface area (Å²) in [5.74, 6) is 0.179. The zero-order chi connectivity index (χ0) is 18.3. The molecule has 0 fully saturated rings. The van der Waals surface area contributed by atoms with Crippen LogP contribution in [-0.2, 0) is 17.4 Å². The molecule has 3 N–H and O–H groups in total. The Bertz CT molecular complexity index is 700. The minimum Gasteiger partial charge on any atom is -0.492 e. The number of anilines is 1. The van der Waals surface area contributed by atoms with E-state index >= 15 is 0 Å². The lowest BCUT2D eigenvalue weighted by atomic mass is 10.1. The quantitative estimate of drug-likeness (QED) is 0.593. The number of alkyl halides is 3. The largest absolute Gasteiger partial charge is 0.492 e. The summed E-state index contributed by atoms with van der Waals surface area (Å²) >= 11 is 0. The van der Waals surface area contributed by atoms with Gasteiger partial charge in [-0.2, -0.15) is 13.2 Å². The highest BCUT2D eigenvalue weighted by atomic mass is 19.4. The molecule has 0 unspecified atom stereocenters. The van der Waals surface area contributed by atoms with Gasteiger partial charge in [-0.3, -0.25) is 4.79 Å². The predicted octanol–water partition coefficient (Wildman–Crippen LogP) is 3.42. The van der Waals surface area contributed by atoms with Crippen LogP contribution in [0, 0.1) is 0 Å². The summed E-state index contributed by atoms with van der Waals surface area (Å²) in [7, 11) is 0. The molecule has 0 saturated heterocycles. The Morgan fingerprint density at radius 1 is 1.08 bits per heavy atom. The van der Waals surface area contributed by atoms with Gasteiger partial charge in [0.2, 0.25) is 5.91 Å². The molecule has 0 radical (unpaired) electrons. The molecule has 0 spiro atoms. The first-order chi connectivity index (χ1) is 11.9. The van der Waals surface area contributed by atoms with Crippen LogP contribution in [0.25, 0.3) is 0 Å². The molecule has 0 bridgehead atoms. The van der Waals surface area contributed by atoms with Gasteiger partial charge in [0.15, 0.2) is 0 Å². The second-order valence-electron chi connectivity index (χ2n) is 5.42. The average Bonchev–Trinajstić information content (AvgIpc) is 2.57. The third-order valence-corrected chi connectivity index (χ3v) is 3.55. The molecule has 1 amide bonds. The van der Waals surface area contributed by atoms with Crippen LogP contribution in [-0.4, -0.2) is 19.1 Å². The van der Waals surface area contributed by atoms with Crippen LogP contribution in [0.3, 0.4) is 0 Å². The lowest BCUT2D eigenvalue weighted by molar-refractivity contribution is -0.137. The number of benzene rings is 2. The molecule has 134 valence electrons. The van der Waals surface area contributed by atoms with Crippen molar-refractivity contribution in [2.75, 3.05) is 18.9 Å². The molecule has 2 aromatic carbocycles. The third-order valence-electron chi connectivity index (χ3n) is 3.55. The molecule has 25 heavy (non-hydrogen) atoms. The first kappa shape index (κ1) is 18.6. The van der Waals surface area contributed by atoms with E-state index in [2.05, 4.69) is 5.32 Å². The number of nitrogens with one attached hydrogen (secondary N) is 1. The Hall–Kier alpha value is -2.70. The van der Waals surface area contributed by atoms with Crippen molar-refractivity contribution in [3.63, 3.8) is 0 Å². The van der Waals surface area contributed by atoms with E-state index in [1.54, 1.807) is 6.07 Å². The van der Waals surface area contributed by atoms with Crippen LogP contribution in [0.5, 0.6) is 5.75 Å². The van der Waals surface area contributed by atoms with Crippen LogP contribution in [0.15, 0.2) is 48.5 Å². The minimum absolute atomic E-state index is 0.140. The van der Waals surface area contributed by atoms with Gasteiger partial charge in [-0.25, -0.2) is 0 Å². The zero-order valence-corrected chi connectivity index (χ0v) is 13.5. The molecular formula is C18H19F3N2O2. The van der Waals surface area contributed by atoms with E-state index in [1.165, 1.54) is 12.1 Å². The third kappa shape index (κ3) is 6.02. The monoisotopic (exact) mass is 352 g/mol. The standard InChI is InChI=1S/C18H19F3N2O2/c19-18(20,21)14-6-8-15(9-7-14)25-12-11-23-17(24)10-5-13-3-1-2-4-16(13)22/h1-4,6-9H,5,10-12,22H2,(H,23,24). The fourth-order valence-electron chi connectivity index (χ4n) is 2.20.